The van der Waals surface area contributed by atoms with Gasteiger partial charge in [0.15, 0.2) is 5.82 Å². The summed E-state index contributed by atoms with van der Waals surface area (Å²) in [6, 6.07) is 6.91. The Labute approximate surface area is 139 Å². The normalized spacial score (nSPS) is 11.0. The third-order valence-corrected chi connectivity index (χ3v) is 3.40. The fourth-order valence-electron chi connectivity index (χ4n) is 2.36. The van der Waals surface area contributed by atoms with Gasteiger partial charge in [-0.1, -0.05) is 0 Å². The molecule has 1 aromatic carbocycles. The summed E-state index contributed by atoms with van der Waals surface area (Å²) in [6.45, 7) is -0.585. The third kappa shape index (κ3) is 3.42. The number of nitro groups is 1. The number of anilines is 1. The molecule has 1 amide bonds. The van der Waals surface area contributed by atoms with Gasteiger partial charge in [0.2, 0.25) is 0 Å². The molecule has 0 saturated heterocycles. The summed E-state index contributed by atoms with van der Waals surface area (Å²) in [7, 11) is 0. The van der Waals surface area contributed by atoms with Crippen LogP contribution in [-0.2, 0) is 6.54 Å². The SMILES string of the molecule is O=C(Nc1ccn(CC(F)F)n1)c1ccc([N+](=O)[O-])c2cccnc12. The molecule has 128 valence electrons. The quantitative estimate of drug-likeness (QED) is 0.565. The second kappa shape index (κ2) is 6.59. The number of halogens is 2. The van der Waals surface area contributed by atoms with Gasteiger partial charge in [-0.05, 0) is 18.2 Å². The number of pyridine rings is 1. The number of amides is 1. The molecule has 25 heavy (non-hydrogen) atoms. The Hall–Kier alpha value is -3.43. The van der Waals surface area contributed by atoms with Crippen LogP contribution in [0.5, 0.6) is 0 Å². The summed E-state index contributed by atoms with van der Waals surface area (Å²) in [4.78, 5) is 27.0. The number of alkyl halides is 2. The van der Waals surface area contributed by atoms with Crippen molar-refractivity contribution < 1.29 is 18.5 Å². The van der Waals surface area contributed by atoms with E-state index in [2.05, 4.69) is 15.4 Å². The Morgan fingerprint density at radius 3 is 2.84 bits per heavy atom. The molecule has 0 fully saturated rings. The first-order valence-corrected chi connectivity index (χ1v) is 7.11. The van der Waals surface area contributed by atoms with Crippen molar-refractivity contribution in [1.82, 2.24) is 14.8 Å². The predicted molar refractivity (Wildman–Crippen MR) is 84.6 cm³/mol. The van der Waals surface area contributed by atoms with E-state index in [1.54, 1.807) is 0 Å². The van der Waals surface area contributed by atoms with E-state index >= 15 is 0 Å². The Balaban J connectivity index is 1.91. The molecule has 3 aromatic rings. The van der Waals surface area contributed by atoms with Crippen molar-refractivity contribution in [2.24, 2.45) is 0 Å². The van der Waals surface area contributed by atoms with E-state index in [0.29, 0.717) is 0 Å². The molecule has 8 nitrogen and oxygen atoms in total. The number of benzene rings is 1. The van der Waals surface area contributed by atoms with Crippen LogP contribution < -0.4 is 5.32 Å². The number of nitro benzene ring substituents is 1. The highest BCUT2D eigenvalue weighted by atomic mass is 19.3. The molecule has 3 rings (SSSR count). The molecule has 10 heteroatoms. The van der Waals surface area contributed by atoms with Gasteiger partial charge in [0, 0.05) is 24.5 Å². The van der Waals surface area contributed by atoms with E-state index in [0.717, 1.165) is 4.68 Å². The van der Waals surface area contributed by atoms with E-state index in [-0.39, 0.29) is 28.0 Å². The Morgan fingerprint density at radius 1 is 1.32 bits per heavy atom. The van der Waals surface area contributed by atoms with Crippen LogP contribution in [0.25, 0.3) is 10.9 Å². The first-order valence-electron chi connectivity index (χ1n) is 7.11. The first-order chi connectivity index (χ1) is 12.0. The van der Waals surface area contributed by atoms with E-state index < -0.39 is 23.8 Å². The maximum absolute atomic E-state index is 12.4. The van der Waals surface area contributed by atoms with Crippen LogP contribution in [-0.4, -0.2) is 32.0 Å². The lowest BCUT2D eigenvalue weighted by Crippen LogP contribution is -2.14. The molecule has 0 atom stereocenters. The zero-order valence-corrected chi connectivity index (χ0v) is 12.6. The summed E-state index contributed by atoms with van der Waals surface area (Å²) < 4.78 is 25.7. The summed E-state index contributed by atoms with van der Waals surface area (Å²) in [5.41, 5.74) is 0.117. The minimum absolute atomic E-state index is 0.0908. The standard InChI is InChI=1S/C15H11F2N5O3/c16-12(17)8-21-7-5-13(20-21)19-15(23)10-3-4-11(22(24)25)9-2-1-6-18-14(9)10/h1-7,12H,8H2,(H,19,20,23). The second-order valence-electron chi connectivity index (χ2n) is 5.06. The molecular formula is C15H11F2N5O3. The number of carbonyl (C=O) groups is 1. The molecule has 1 N–H and O–H groups in total. The fraction of sp³-hybridized carbons (Fsp3) is 0.133. The molecule has 2 aromatic heterocycles. The number of fused-ring (bicyclic) bond motifs is 1. The highest BCUT2D eigenvalue weighted by molar-refractivity contribution is 6.12. The van der Waals surface area contributed by atoms with Crippen LogP contribution in [0, 0.1) is 10.1 Å². The number of nitrogens with one attached hydrogen (secondary N) is 1. The Morgan fingerprint density at radius 2 is 2.12 bits per heavy atom. The Bertz CT molecular complexity index is 957. The summed E-state index contributed by atoms with van der Waals surface area (Å²) >= 11 is 0. The average Bonchev–Trinajstić information content (AvgIpc) is 2.99. The molecule has 0 aliphatic rings. The number of aromatic nitrogens is 3. The molecule has 0 saturated carbocycles. The van der Waals surface area contributed by atoms with Crippen molar-refractivity contribution in [3.05, 3.63) is 58.4 Å². The monoisotopic (exact) mass is 347 g/mol. The maximum Gasteiger partial charge on any atom is 0.278 e. The summed E-state index contributed by atoms with van der Waals surface area (Å²) in [5, 5.41) is 17.6. The third-order valence-electron chi connectivity index (χ3n) is 3.40. The van der Waals surface area contributed by atoms with Gasteiger partial charge in [-0.15, -0.1) is 0 Å². The van der Waals surface area contributed by atoms with Crippen molar-refractivity contribution in [1.29, 1.82) is 0 Å². The highest BCUT2D eigenvalue weighted by Gasteiger charge is 2.19. The molecule has 0 spiro atoms. The Kier molecular flexibility index (Phi) is 4.33. The van der Waals surface area contributed by atoms with Gasteiger partial charge >= 0.3 is 0 Å². The topological polar surface area (TPSA) is 103 Å². The fourth-order valence-corrected chi connectivity index (χ4v) is 2.36. The van der Waals surface area contributed by atoms with Crippen LogP contribution in [0.4, 0.5) is 20.3 Å². The van der Waals surface area contributed by atoms with Crippen molar-refractivity contribution in [3.63, 3.8) is 0 Å². The van der Waals surface area contributed by atoms with Gasteiger partial charge in [-0.3, -0.25) is 24.6 Å². The predicted octanol–water partition coefficient (Wildman–Crippen LogP) is 2.86. The largest absolute Gasteiger partial charge is 0.305 e. The summed E-state index contributed by atoms with van der Waals surface area (Å²) in [5.74, 6) is -0.506. The number of hydrogen-bond donors (Lipinski definition) is 1. The molecule has 0 unspecified atom stereocenters. The van der Waals surface area contributed by atoms with Gasteiger partial charge in [-0.2, -0.15) is 5.10 Å². The minimum atomic E-state index is -2.56. The van der Waals surface area contributed by atoms with Crippen LogP contribution in [0.2, 0.25) is 0 Å². The molecule has 0 aliphatic carbocycles. The van der Waals surface area contributed by atoms with Crippen LogP contribution in [0.15, 0.2) is 42.7 Å². The lowest BCUT2D eigenvalue weighted by Gasteiger charge is -2.06. The molecule has 2 heterocycles. The van der Waals surface area contributed by atoms with Crippen LogP contribution in [0.3, 0.4) is 0 Å². The highest BCUT2D eigenvalue weighted by Crippen LogP contribution is 2.27. The smallest absolute Gasteiger partial charge is 0.278 e. The van der Waals surface area contributed by atoms with Gasteiger partial charge in [0.1, 0.15) is 6.54 Å². The molecule has 0 bridgehead atoms. The van der Waals surface area contributed by atoms with E-state index in [4.69, 9.17) is 0 Å². The summed E-state index contributed by atoms with van der Waals surface area (Å²) in [6.07, 6.45) is 0.167. The van der Waals surface area contributed by atoms with E-state index in [1.165, 1.54) is 42.7 Å². The lowest BCUT2D eigenvalue weighted by molar-refractivity contribution is -0.383. The van der Waals surface area contributed by atoms with Crippen molar-refractivity contribution in [3.8, 4) is 0 Å². The molecule has 0 radical (unpaired) electrons. The first kappa shape index (κ1) is 16.4. The lowest BCUT2D eigenvalue weighted by atomic mass is 10.1. The number of rotatable bonds is 5. The second-order valence-corrected chi connectivity index (χ2v) is 5.06. The average molecular weight is 347 g/mol. The molecule has 0 aliphatic heterocycles. The van der Waals surface area contributed by atoms with Crippen LogP contribution in [0.1, 0.15) is 10.4 Å². The van der Waals surface area contributed by atoms with Gasteiger partial charge in [0.05, 0.1) is 21.4 Å². The molecular weight excluding hydrogens is 336 g/mol. The van der Waals surface area contributed by atoms with Crippen molar-refractivity contribution >= 4 is 28.3 Å². The zero-order chi connectivity index (χ0) is 18.0. The van der Waals surface area contributed by atoms with E-state index in [9.17, 15) is 23.7 Å². The maximum atomic E-state index is 12.4. The van der Waals surface area contributed by atoms with Crippen molar-refractivity contribution in [2.45, 2.75) is 13.0 Å². The number of nitrogens with zero attached hydrogens (tertiary/aromatic N) is 4. The van der Waals surface area contributed by atoms with Crippen molar-refractivity contribution in [2.75, 3.05) is 5.32 Å². The number of carbonyl (C=O) groups excluding carboxylic acids is 1. The van der Waals surface area contributed by atoms with E-state index in [1.807, 2.05) is 0 Å². The minimum Gasteiger partial charge on any atom is -0.305 e. The number of non-ortho nitro benzene ring substituents is 1. The van der Waals surface area contributed by atoms with Gasteiger partial charge in [0.25, 0.3) is 18.0 Å². The number of hydrogen-bond acceptors (Lipinski definition) is 5. The van der Waals surface area contributed by atoms with Gasteiger partial charge < -0.3 is 5.32 Å². The van der Waals surface area contributed by atoms with Crippen LogP contribution >= 0.6 is 0 Å². The van der Waals surface area contributed by atoms with Gasteiger partial charge in [-0.25, -0.2) is 8.78 Å². The zero-order valence-electron chi connectivity index (χ0n) is 12.6.